The molecule has 3 heterocycles. The molecule has 0 bridgehead atoms. The van der Waals surface area contributed by atoms with E-state index < -0.39 is 5.97 Å². The highest BCUT2D eigenvalue weighted by Crippen LogP contribution is 2.41. The zero-order valence-electron chi connectivity index (χ0n) is 20.3. The van der Waals surface area contributed by atoms with Crippen molar-refractivity contribution in [1.82, 2.24) is 4.90 Å². The van der Waals surface area contributed by atoms with E-state index >= 15 is 0 Å². The molecule has 0 radical (unpaired) electrons. The Bertz CT molecular complexity index is 1110. The monoisotopic (exact) mass is 481 g/mol. The number of nitrogens with zero attached hydrogens (tertiary/aromatic N) is 1. The molecule has 2 aliphatic heterocycles. The molecule has 0 spiro atoms. The third kappa shape index (κ3) is 5.78. The van der Waals surface area contributed by atoms with Crippen LogP contribution in [0.25, 0.3) is 11.0 Å². The van der Waals surface area contributed by atoms with Crippen LogP contribution in [0, 0.1) is 5.92 Å². The fraction of sp³-hybridized carbons (Fsp3) is 0.464. The van der Waals surface area contributed by atoms with E-state index in [9.17, 15) is 4.79 Å². The van der Waals surface area contributed by atoms with Crippen molar-refractivity contribution in [2.75, 3.05) is 20.2 Å². The maximum atomic E-state index is 9.70. The third-order valence-electron chi connectivity index (χ3n) is 6.88. The average Bonchev–Trinajstić information content (AvgIpc) is 3.27. The van der Waals surface area contributed by atoms with Gasteiger partial charge in [-0.15, -0.1) is 0 Å². The molecule has 0 saturated carbocycles. The van der Waals surface area contributed by atoms with Gasteiger partial charge in [-0.3, -0.25) is 4.79 Å². The topological polar surface area (TPSA) is 62.9 Å². The first-order valence-corrected chi connectivity index (χ1v) is 13.1. The number of benzene rings is 2. The first kappa shape index (κ1) is 24.7. The van der Waals surface area contributed by atoms with Crippen molar-refractivity contribution in [1.29, 1.82) is 0 Å². The number of piperidine rings is 2. The van der Waals surface area contributed by atoms with Crippen molar-refractivity contribution in [3.63, 3.8) is 0 Å². The largest absolute Gasteiger partial charge is 0.496 e. The van der Waals surface area contributed by atoms with Crippen LogP contribution >= 0.6 is 11.8 Å². The van der Waals surface area contributed by atoms with Gasteiger partial charge in [0.2, 0.25) is 0 Å². The summed E-state index contributed by atoms with van der Waals surface area (Å²) >= 11 is 1.76. The van der Waals surface area contributed by atoms with Gasteiger partial charge < -0.3 is 19.2 Å². The molecule has 182 valence electrons. The second kappa shape index (κ2) is 11.3. The Labute approximate surface area is 206 Å². The number of carboxylic acids is 1. The summed E-state index contributed by atoms with van der Waals surface area (Å²) in [4.78, 5) is 14.8. The number of fused-ring (bicyclic) bond motifs is 2. The highest BCUT2D eigenvalue weighted by molar-refractivity contribution is 7.99. The Morgan fingerprint density at radius 2 is 1.94 bits per heavy atom. The Kier molecular flexibility index (Phi) is 8.22. The SMILES string of the molecule is CC(C)C(=O)O.COc1ccccc1Sc1ccc2occ(C3CCN4CCCCC4C3)c2c1. The number of hydrogen-bond donors (Lipinski definition) is 1. The van der Waals surface area contributed by atoms with Crippen LogP contribution in [0.1, 0.15) is 57.4 Å². The highest BCUT2D eigenvalue weighted by atomic mass is 32.2. The van der Waals surface area contributed by atoms with Crippen LogP contribution in [-0.4, -0.2) is 42.2 Å². The number of hydrogen-bond acceptors (Lipinski definition) is 5. The molecule has 0 amide bonds. The molecule has 2 aromatic carbocycles. The van der Waals surface area contributed by atoms with Gasteiger partial charge in [0.15, 0.2) is 0 Å². The van der Waals surface area contributed by atoms with Crippen LogP contribution in [0.5, 0.6) is 5.75 Å². The number of ether oxygens (including phenoxy) is 1. The minimum Gasteiger partial charge on any atom is -0.496 e. The molecule has 2 fully saturated rings. The number of para-hydroxylation sites is 1. The number of furan rings is 1. The number of aliphatic carboxylic acids is 1. The molecule has 5 rings (SSSR count). The number of carbonyl (C=O) groups is 1. The van der Waals surface area contributed by atoms with Gasteiger partial charge in [0.1, 0.15) is 11.3 Å². The lowest BCUT2D eigenvalue weighted by molar-refractivity contribution is -0.140. The van der Waals surface area contributed by atoms with Gasteiger partial charge in [0.05, 0.1) is 24.2 Å². The van der Waals surface area contributed by atoms with E-state index in [2.05, 4.69) is 35.2 Å². The van der Waals surface area contributed by atoms with Crippen LogP contribution < -0.4 is 4.74 Å². The Hall–Kier alpha value is -2.44. The van der Waals surface area contributed by atoms with E-state index in [1.54, 1.807) is 32.7 Å². The minimum atomic E-state index is -0.741. The quantitative estimate of drug-likeness (QED) is 0.421. The molecule has 2 aliphatic rings. The second-order valence-corrected chi connectivity index (χ2v) is 10.6. The molecule has 1 N–H and O–H groups in total. The number of methoxy groups -OCH3 is 1. The predicted molar refractivity (Wildman–Crippen MR) is 137 cm³/mol. The smallest absolute Gasteiger partial charge is 0.305 e. The summed E-state index contributed by atoms with van der Waals surface area (Å²) in [5, 5.41) is 9.28. The number of carboxylic acid groups (broad SMARTS) is 1. The fourth-order valence-corrected chi connectivity index (χ4v) is 5.87. The maximum Gasteiger partial charge on any atom is 0.305 e. The third-order valence-corrected chi connectivity index (χ3v) is 7.92. The summed E-state index contributed by atoms with van der Waals surface area (Å²) in [5.41, 5.74) is 2.41. The normalized spacial score (nSPS) is 20.5. The molecule has 34 heavy (non-hydrogen) atoms. The van der Waals surface area contributed by atoms with Gasteiger partial charge >= 0.3 is 5.97 Å². The lowest BCUT2D eigenvalue weighted by Gasteiger charge is -2.42. The fourth-order valence-electron chi connectivity index (χ4n) is 4.91. The summed E-state index contributed by atoms with van der Waals surface area (Å²) in [6, 6.07) is 15.5. The summed E-state index contributed by atoms with van der Waals surface area (Å²) in [6.07, 6.45) is 8.67. The van der Waals surface area contributed by atoms with Crippen LogP contribution in [0.4, 0.5) is 0 Å². The summed E-state index contributed by atoms with van der Waals surface area (Å²) < 4.78 is 11.5. The van der Waals surface area contributed by atoms with Crippen molar-refractivity contribution < 1.29 is 19.1 Å². The molecule has 5 nitrogen and oxygen atoms in total. The standard InChI is InChI=1S/C24H27NO2S.C4H8O2/c1-26-23-7-2-3-8-24(23)28-19-9-10-22-20(15-19)21(16-27-22)17-11-13-25-12-5-4-6-18(25)14-17;1-3(2)4(5)6/h2-3,7-10,15-18H,4-6,11-14H2,1H3;3H,1-2H3,(H,5,6). The van der Waals surface area contributed by atoms with Gasteiger partial charge in [-0.2, -0.15) is 0 Å². The lowest BCUT2D eigenvalue weighted by Crippen LogP contribution is -2.44. The van der Waals surface area contributed by atoms with E-state index in [1.165, 1.54) is 61.0 Å². The zero-order chi connectivity index (χ0) is 24.1. The Balaban J connectivity index is 0.000000408. The highest BCUT2D eigenvalue weighted by Gasteiger charge is 2.32. The van der Waals surface area contributed by atoms with E-state index in [-0.39, 0.29) is 5.92 Å². The summed E-state index contributed by atoms with van der Waals surface area (Å²) in [5.74, 6) is 0.566. The molecule has 0 aliphatic carbocycles. The number of rotatable bonds is 5. The lowest BCUT2D eigenvalue weighted by atomic mass is 9.82. The molecule has 6 heteroatoms. The van der Waals surface area contributed by atoms with Crippen molar-refractivity contribution in [2.45, 2.75) is 67.7 Å². The zero-order valence-corrected chi connectivity index (χ0v) is 21.1. The van der Waals surface area contributed by atoms with Crippen LogP contribution in [-0.2, 0) is 4.79 Å². The van der Waals surface area contributed by atoms with Gasteiger partial charge in [-0.1, -0.05) is 44.2 Å². The Morgan fingerprint density at radius 1 is 1.15 bits per heavy atom. The van der Waals surface area contributed by atoms with Crippen molar-refractivity contribution in [2.24, 2.45) is 5.92 Å². The van der Waals surface area contributed by atoms with Crippen LogP contribution in [0.15, 0.2) is 62.9 Å². The molecule has 1 aromatic heterocycles. The van der Waals surface area contributed by atoms with E-state index in [1.807, 2.05) is 18.4 Å². The Morgan fingerprint density at radius 3 is 2.71 bits per heavy atom. The van der Waals surface area contributed by atoms with E-state index in [0.29, 0.717) is 5.92 Å². The molecule has 2 atom stereocenters. The molecule has 2 unspecified atom stereocenters. The summed E-state index contributed by atoms with van der Waals surface area (Å²) in [7, 11) is 1.73. The predicted octanol–water partition coefficient (Wildman–Crippen LogP) is 7.05. The van der Waals surface area contributed by atoms with Crippen molar-refractivity contribution in [3.05, 3.63) is 54.3 Å². The van der Waals surface area contributed by atoms with Crippen molar-refractivity contribution in [3.8, 4) is 5.75 Å². The first-order chi connectivity index (χ1) is 16.5. The van der Waals surface area contributed by atoms with Gasteiger partial charge in [0, 0.05) is 21.9 Å². The minimum absolute atomic E-state index is 0.231. The molecular weight excluding hydrogens is 446 g/mol. The molecule has 3 aromatic rings. The van der Waals surface area contributed by atoms with Crippen LogP contribution in [0.2, 0.25) is 0 Å². The average molecular weight is 482 g/mol. The van der Waals surface area contributed by atoms with Crippen molar-refractivity contribution >= 4 is 28.7 Å². The summed E-state index contributed by atoms with van der Waals surface area (Å²) in [6.45, 7) is 5.81. The first-order valence-electron chi connectivity index (χ1n) is 12.2. The second-order valence-electron chi connectivity index (χ2n) is 9.50. The molecular formula is C28H35NO4S. The van der Waals surface area contributed by atoms with E-state index in [0.717, 1.165) is 22.3 Å². The van der Waals surface area contributed by atoms with E-state index in [4.69, 9.17) is 14.3 Å². The van der Waals surface area contributed by atoms with Gasteiger partial charge in [-0.25, -0.2) is 0 Å². The maximum absolute atomic E-state index is 9.70. The van der Waals surface area contributed by atoms with Gasteiger partial charge in [0.25, 0.3) is 0 Å². The van der Waals surface area contributed by atoms with Crippen LogP contribution in [0.3, 0.4) is 0 Å². The van der Waals surface area contributed by atoms with Gasteiger partial charge in [-0.05, 0) is 75.0 Å². The molecule has 2 saturated heterocycles.